The quantitative estimate of drug-likeness (QED) is 0.470. The van der Waals surface area contributed by atoms with Gasteiger partial charge in [0.2, 0.25) is 5.95 Å². The number of carbonyl (C=O) groups is 1. The van der Waals surface area contributed by atoms with Crippen LogP contribution < -0.4 is 10.5 Å². The molecule has 3 rings (SSSR count). The van der Waals surface area contributed by atoms with E-state index >= 15 is 0 Å². The number of guanidine groups is 1. The number of nitrogens with zero attached hydrogens (tertiary/aromatic N) is 3. The standard InChI is InChI=1S/C20H25FN4O2.CH2O/c1-4-26-11-14-12-27-17-8-7-13(15-6-5-9-23-19(15)21)10-16(17)18(14)24-20(22)25(2)3;1-2/h5-10,14,18H,4,11-12H2,1-3H3,(H2,22,24);1H2/t14-,18-;/m1./s1. The van der Waals surface area contributed by atoms with Crippen molar-refractivity contribution in [3.63, 3.8) is 0 Å². The molecule has 0 radical (unpaired) electrons. The van der Waals surface area contributed by atoms with Gasteiger partial charge in [-0.2, -0.15) is 4.39 Å². The number of hydrogen-bond acceptors (Lipinski definition) is 5. The van der Waals surface area contributed by atoms with Gasteiger partial charge in [0.05, 0.1) is 19.3 Å². The first kappa shape index (κ1) is 22.3. The maximum atomic E-state index is 14.1. The van der Waals surface area contributed by atoms with Gasteiger partial charge in [-0.3, -0.25) is 0 Å². The molecule has 1 aromatic carbocycles. The van der Waals surface area contributed by atoms with Crippen LogP contribution >= 0.6 is 0 Å². The summed E-state index contributed by atoms with van der Waals surface area (Å²) in [7, 11) is 3.69. The normalized spacial score (nSPS) is 18.1. The van der Waals surface area contributed by atoms with Crippen LogP contribution in [0.15, 0.2) is 41.5 Å². The number of hydrogen-bond donors (Lipinski definition) is 1. The second-order valence-electron chi connectivity index (χ2n) is 6.65. The molecular weight excluding hydrogens is 375 g/mol. The Morgan fingerprint density at radius 1 is 1.41 bits per heavy atom. The van der Waals surface area contributed by atoms with Crippen molar-refractivity contribution in [3.05, 3.63) is 48.0 Å². The van der Waals surface area contributed by atoms with Gasteiger partial charge in [-0.05, 0) is 36.8 Å². The van der Waals surface area contributed by atoms with E-state index in [4.69, 9.17) is 25.0 Å². The van der Waals surface area contributed by atoms with E-state index < -0.39 is 5.95 Å². The number of carbonyl (C=O) groups excluding carboxylic acids is 1. The molecule has 0 saturated heterocycles. The Labute approximate surface area is 170 Å². The molecule has 8 heteroatoms. The summed E-state index contributed by atoms with van der Waals surface area (Å²) in [5.41, 5.74) is 8.13. The first-order valence-electron chi connectivity index (χ1n) is 9.26. The zero-order valence-corrected chi connectivity index (χ0v) is 17.0. The van der Waals surface area contributed by atoms with Crippen LogP contribution in [-0.4, -0.2) is 56.5 Å². The molecule has 0 spiro atoms. The molecule has 29 heavy (non-hydrogen) atoms. The van der Waals surface area contributed by atoms with E-state index in [1.165, 1.54) is 6.20 Å². The van der Waals surface area contributed by atoms with Crippen LogP contribution in [0.3, 0.4) is 0 Å². The van der Waals surface area contributed by atoms with Crippen molar-refractivity contribution in [2.24, 2.45) is 16.6 Å². The Hall–Kier alpha value is -3.00. The smallest absolute Gasteiger partial charge is 0.220 e. The summed E-state index contributed by atoms with van der Waals surface area (Å²) in [6.45, 7) is 5.57. The van der Waals surface area contributed by atoms with Crippen molar-refractivity contribution in [2.45, 2.75) is 13.0 Å². The largest absolute Gasteiger partial charge is 0.493 e. The Morgan fingerprint density at radius 3 is 2.83 bits per heavy atom. The van der Waals surface area contributed by atoms with Crippen molar-refractivity contribution in [3.8, 4) is 16.9 Å². The fourth-order valence-corrected chi connectivity index (χ4v) is 3.06. The number of ether oxygens (including phenoxy) is 2. The van der Waals surface area contributed by atoms with Crippen molar-refractivity contribution >= 4 is 12.7 Å². The van der Waals surface area contributed by atoms with E-state index in [0.29, 0.717) is 31.3 Å². The zero-order valence-electron chi connectivity index (χ0n) is 17.0. The van der Waals surface area contributed by atoms with E-state index in [1.54, 1.807) is 17.0 Å². The van der Waals surface area contributed by atoms with Gasteiger partial charge in [-0.15, -0.1) is 0 Å². The van der Waals surface area contributed by atoms with Crippen LogP contribution in [0.4, 0.5) is 4.39 Å². The number of rotatable bonds is 5. The van der Waals surface area contributed by atoms with Crippen LogP contribution in [0.5, 0.6) is 5.75 Å². The third kappa shape index (κ3) is 5.29. The minimum absolute atomic E-state index is 0.0185. The minimum atomic E-state index is -0.507. The van der Waals surface area contributed by atoms with Gasteiger partial charge in [-0.25, -0.2) is 9.98 Å². The maximum absolute atomic E-state index is 14.1. The lowest BCUT2D eigenvalue weighted by molar-refractivity contribution is -0.0979. The number of fused-ring (bicyclic) bond motifs is 1. The third-order valence-electron chi connectivity index (χ3n) is 4.56. The average Bonchev–Trinajstić information content (AvgIpc) is 2.74. The fourth-order valence-electron chi connectivity index (χ4n) is 3.06. The second-order valence-corrected chi connectivity index (χ2v) is 6.65. The van der Waals surface area contributed by atoms with Crippen molar-refractivity contribution in [1.29, 1.82) is 0 Å². The van der Waals surface area contributed by atoms with Gasteiger partial charge < -0.3 is 24.9 Å². The molecular formula is C21H27FN4O3. The summed E-state index contributed by atoms with van der Waals surface area (Å²) in [4.78, 5) is 18.2. The topological polar surface area (TPSA) is 90.0 Å². The fraction of sp³-hybridized carbons (Fsp3) is 0.381. The molecule has 0 saturated carbocycles. The number of halogens is 1. The highest BCUT2D eigenvalue weighted by Crippen LogP contribution is 2.40. The van der Waals surface area contributed by atoms with Gasteiger partial charge in [-0.1, -0.05) is 6.07 Å². The third-order valence-corrected chi connectivity index (χ3v) is 4.56. The summed E-state index contributed by atoms with van der Waals surface area (Å²) in [5, 5.41) is 0. The van der Waals surface area contributed by atoms with Crippen LogP contribution in [0, 0.1) is 11.9 Å². The number of benzene rings is 1. The molecule has 0 aliphatic carbocycles. The van der Waals surface area contributed by atoms with Crippen LogP contribution in [-0.2, 0) is 9.53 Å². The second kappa shape index (κ2) is 10.5. The lowest BCUT2D eigenvalue weighted by Gasteiger charge is -2.32. The predicted octanol–water partition coefficient (Wildman–Crippen LogP) is 2.67. The Balaban J connectivity index is 0.00000145. The summed E-state index contributed by atoms with van der Waals surface area (Å²) in [6.07, 6.45) is 1.43. The lowest BCUT2D eigenvalue weighted by Crippen LogP contribution is -2.35. The van der Waals surface area contributed by atoms with Crippen LogP contribution in [0.1, 0.15) is 18.5 Å². The maximum Gasteiger partial charge on any atom is 0.220 e. The molecule has 156 valence electrons. The Bertz CT molecular complexity index is 844. The van der Waals surface area contributed by atoms with Crippen molar-refractivity contribution in [2.75, 3.05) is 33.9 Å². The molecule has 1 aromatic heterocycles. The van der Waals surface area contributed by atoms with E-state index in [0.717, 1.165) is 16.9 Å². The highest BCUT2D eigenvalue weighted by atomic mass is 19.1. The summed E-state index contributed by atoms with van der Waals surface area (Å²) < 4.78 is 25.7. The molecule has 0 fully saturated rings. The van der Waals surface area contributed by atoms with Gasteiger partial charge in [0.1, 0.15) is 12.5 Å². The van der Waals surface area contributed by atoms with Crippen molar-refractivity contribution < 1.29 is 18.7 Å². The van der Waals surface area contributed by atoms with Gasteiger partial charge in [0, 0.05) is 43.9 Å². The summed E-state index contributed by atoms with van der Waals surface area (Å²) in [6, 6.07) is 8.77. The molecule has 0 amide bonds. The summed E-state index contributed by atoms with van der Waals surface area (Å²) >= 11 is 0. The number of nitrogens with two attached hydrogens (primary N) is 1. The molecule has 2 N–H and O–H groups in total. The number of aromatic nitrogens is 1. The van der Waals surface area contributed by atoms with Gasteiger partial charge >= 0.3 is 0 Å². The highest BCUT2D eigenvalue weighted by molar-refractivity contribution is 5.78. The Morgan fingerprint density at radius 2 is 2.17 bits per heavy atom. The number of aliphatic imine (C=N–C) groups is 1. The molecule has 2 atom stereocenters. The SMILES string of the molecule is C=O.CCOC[C@@H]1COc2ccc(-c3cccnc3F)cc2[C@@H]1N=C(N)N(C)C. The van der Waals surface area contributed by atoms with Gasteiger partial charge in [0.15, 0.2) is 5.96 Å². The number of pyridine rings is 1. The summed E-state index contributed by atoms with van der Waals surface area (Å²) in [5.74, 6) is 0.668. The van der Waals surface area contributed by atoms with Crippen molar-refractivity contribution in [1.82, 2.24) is 9.88 Å². The lowest BCUT2D eigenvalue weighted by atomic mass is 9.89. The first-order valence-corrected chi connectivity index (χ1v) is 9.26. The molecule has 0 bridgehead atoms. The van der Waals surface area contributed by atoms with E-state index in [9.17, 15) is 4.39 Å². The van der Waals surface area contributed by atoms with E-state index in [-0.39, 0.29) is 12.0 Å². The molecule has 1 aliphatic rings. The monoisotopic (exact) mass is 402 g/mol. The molecule has 7 nitrogen and oxygen atoms in total. The molecule has 2 aromatic rings. The van der Waals surface area contributed by atoms with Crippen LogP contribution in [0.2, 0.25) is 0 Å². The minimum Gasteiger partial charge on any atom is -0.493 e. The first-order chi connectivity index (χ1) is 14.0. The molecule has 0 unspecified atom stereocenters. The zero-order chi connectivity index (χ0) is 21.4. The van der Waals surface area contributed by atoms with Crippen LogP contribution in [0.25, 0.3) is 11.1 Å². The predicted molar refractivity (Wildman–Crippen MR) is 110 cm³/mol. The highest BCUT2D eigenvalue weighted by Gasteiger charge is 2.32. The molecule has 2 heterocycles. The molecule has 1 aliphatic heterocycles. The average molecular weight is 402 g/mol. The van der Waals surface area contributed by atoms with Gasteiger partial charge in [0.25, 0.3) is 0 Å². The Kier molecular flexibility index (Phi) is 8.09. The van der Waals surface area contributed by atoms with E-state index in [1.807, 2.05) is 46.0 Å². The van der Waals surface area contributed by atoms with E-state index in [2.05, 4.69) is 4.98 Å².